The van der Waals surface area contributed by atoms with Crippen LogP contribution in [0.2, 0.25) is 10.0 Å². The predicted molar refractivity (Wildman–Crippen MR) is 146 cm³/mol. The van der Waals surface area contributed by atoms with Crippen LogP contribution in [0.25, 0.3) is 0 Å². The Morgan fingerprint density at radius 3 is 2.15 bits per heavy atom. The Balaban J connectivity index is 1.84. The summed E-state index contributed by atoms with van der Waals surface area (Å²) in [5, 5.41) is 3.43. The van der Waals surface area contributed by atoms with Crippen LogP contribution in [0.3, 0.4) is 0 Å². The molecule has 1 atom stereocenters. The molecule has 1 amide bonds. The van der Waals surface area contributed by atoms with E-state index in [1.807, 2.05) is 0 Å². The van der Waals surface area contributed by atoms with Crippen LogP contribution in [-0.4, -0.2) is 50.8 Å². The molecule has 2 aromatic carbocycles. The SMILES string of the molecule is COC(=O)C1=C(C)NC(C)=C(C(=O)OCCCN(C(C)=O)S(=O)(=O)c2ccccc2)C1c1cccc(Cl)c1Cl. The maximum atomic E-state index is 13.4. The highest BCUT2D eigenvalue weighted by Gasteiger charge is 2.39. The van der Waals surface area contributed by atoms with Crippen molar-refractivity contribution in [2.75, 3.05) is 20.3 Å². The molecule has 1 aliphatic heterocycles. The second-order valence-electron chi connectivity index (χ2n) is 8.67. The molecule has 0 saturated heterocycles. The molecule has 0 aliphatic carbocycles. The third-order valence-corrected chi connectivity index (χ3v) is 8.82. The monoisotopic (exact) mass is 594 g/mol. The fourth-order valence-electron chi connectivity index (χ4n) is 4.32. The summed E-state index contributed by atoms with van der Waals surface area (Å²) in [4.78, 5) is 38.3. The Morgan fingerprint density at radius 1 is 0.949 bits per heavy atom. The van der Waals surface area contributed by atoms with Gasteiger partial charge in [0.05, 0.1) is 45.7 Å². The van der Waals surface area contributed by atoms with Crippen molar-refractivity contribution in [3.05, 3.63) is 86.7 Å². The van der Waals surface area contributed by atoms with Crippen LogP contribution in [0.15, 0.2) is 76.0 Å². The van der Waals surface area contributed by atoms with Crippen molar-refractivity contribution in [3.63, 3.8) is 0 Å². The van der Waals surface area contributed by atoms with Crippen molar-refractivity contribution in [1.82, 2.24) is 9.62 Å². The van der Waals surface area contributed by atoms with Crippen molar-refractivity contribution in [3.8, 4) is 0 Å². The van der Waals surface area contributed by atoms with E-state index >= 15 is 0 Å². The maximum absolute atomic E-state index is 13.4. The van der Waals surface area contributed by atoms with E-state index in [0.717, 1.165) is 11.2 Å². The number of nitrogens with zero attached hydrogens (tertiary/aromatic N) is 1. The number of carbonyl (C=O) groups excluding carboxylic acids is 3. The third-order valence-electron chi connectivity index (χ3n) is 6.10. The summed E-state index contributed by atoms with van der Waals surface area (Å²) in [6.07, 6.45) is 0.0401. The van der Waals surface area contributed by atoms with Crippen LogP contribution in [-0.2, 0) is 33.9 Å². The molecule has 0 saturated carbocycles. The third kappa shape index (κ3) is 6.46. The molecule has 1 heterocycles. The fraction of sp³-hybridized carbons (Fsp3) is 0.296. The average Bonchev–Trinajstić information content (AvgIpc) is 2.89. The van der Waals surface area contributed by atoms with Gasteiger partial charge in [0.25, 0.3) is 10.0 Å². The molecule has 208 valence electrons. The molecule has 12 heteroatoms. The molecular formula is C27H28Cl2N2O7S. The predicted octanol–water partition coefficient (Wildman–Crippen LogP) is 4.57. The lowest BCUT2D eigenvalue weighted by atomic mass is 9.80. The highest BCUT2D eigenvalue weighted by atomic mass is 35.5. The Bertz CT molecular complexity index is 1450. The second-order valence-corrected chi connectivity index (χ2v) is 11.3. The number of halogens is 2. The number of amides is 1. The Kier molecular flexibility index (Phi) is 9.82. The molecule has 9 nitrogen and oxygen atoms in total. The van der Waals surface area contributed by atoms with Gasteiger partial charge in [0.1, 0.15) is 0 Å². The van der Waals surface area contributed by atoms with Crippen LogP contribution >= 0.6 is 23.2 Å². The Hall–Kier alpha value is -3.34. The van der Waals surface area contributed by atoms with Gasteiger partial charge in [-0.05, 0) is 37.6 Å². The zero-order valence-electron chi connectivity index (χ0n) is 21.8. The number of carbonyl (C=O) groups is 3. The van der Waals surface area contributed by atoms with Gasteiger partial charge < -0.3 is 14.8 Å². The zero-order valence-corrected chi connectivity index (χ0v) is 24.1. The number of methoxy groups -OCH3 is 1. The van der Waals surface area contributed by atoms with Crippen molar-refractivity contribution in [2.45, 2.75) is 38.0 Å². The molecule has 0 spiro atoms. The van der Waals surface area contributed by atoms with E-state index in [1.165, 1.54) is 19.2 Å². The summed E-state index contributed by atoms with van der Waals surface area (Å²) in [6.45, 7) is 4.08. The summed E-state index contributed by atoms with van der Waals surface area (Å²) in [6, 6.07) is 12.5. The first-order valence-electron chi connectivity index (χ1n) is 11.9. The summed E-state index contributed by atoms with van der Waals surface area (Å²) in [5.74, 6) is -3.03. The van der Waals surface area contributed by atoms with Crippen molar-refractivity contribution in [1.29, 1.82) is 0 Å². The number of rotatable bonds is 9. The molecule has 0 aromatic heterocycles. The van der Waals surface area contributed by atoms with Crippen LogP contribution in [0.4, 0.5) is 0 Å². The first-order chi connectivity index (χ1) is 18.4. The number of sulfonamides is 1. The van der Waals surface area contributed by atoms with Gasteiger partial charge in [0.15, 0.2) is 0 Å². The van der Waals surface area contributed by atoms with Gasteiger partial charge in [0.2, 0.25) is 5.91 Å². The van der Waals surface area contributed by atoms with E-state index in [4.69, 9.17) is 32.7 Å². The van der Waals surface area contributed by atoms with Gasteiger partial charge in [0, 0.05) is 31.3 Å². The lowest BCUT2D eigenvalue weighted by molar-refractivity contribution is -0.139. The molecule has 0 bridgehead atoms. The van der Waals surface area contributed by atoms with Gasteiger partial charge in [-0.2, -0.15) is 0 Å². The number of hydrogen-bond donors (Lipinski definition) is 1. The van der Waals surface area contributed by atoms with Crippen LogP contribution in [0.5, 0.6) is 0 Å². The van der Waals surface area contributed by atoms with E-state index in [0.29, 0.717) is 17.0 Å². The minimum absolute atomic E-state index is 0.0232. The summed E-state index contributed by atoms with van der Waals surface area (Å²) >= 11 is 12.7. The normalized spacial score (nSPS) is 15.5. The molecular weight excluding hydrogens is 567 g/mol. The fourth-order valence-corrected chi connectivity index (χ4v) is 6.20. The number of ether oxygens (including phenoxy) is 2. The number of allylic oxidation sites excluding steroid dienone is 2. The minimum Gasteiger partial charge on any atom is -0.466 e. The van der Waals surface area contributed by atoms with Crippen molar-refractivity contribution >= 4 is 51.1 Å². The smallest absolute Gasteiger partial charge is 0.336 e. The molecule has 1 unspecified atom stereocenters. The van der Waals surface area contributed by atoms with E-state index in [-0.39, 0.29) is 45.7 Å². The van der Waals surface area contributed by atoms with Crippen LogP contribution < -0.4 is 5.32 Å². The molecule has 0 fully saturated rings. The summed E-state index contributed by atoms with van der Waals surface area (Å²) in [5.41, 5.74) is 1.60. The van der Waals surface area contributed by atoms with Crippen LogP contribution in [0.1, 0.15) is 38.7 Å². The largest absolute Gasteiger partial charge is 0.466 e. The number of esters is 2. The van der Waals surface area contributed by atoms with Gasteiger partial charge >= 0.3 is 11.9 Å². The average molecular weight is 596 g/mol. The van der Waals surface area contributed by atoms with E-state index in [2.05, 4.69) is 5.32 Å². The van der Waals surface area contributed by atoms with Gasteiger partial charge in [-0.1, -0.05) is 53.5 Å². The highest BCUT2D eigenvalue weighted by Crippen LogP contribution is 2.43. The molecule has 39 heavy (non-hydrogen) atoms. The van der Waals surface area contributed by atoms with Crippen molar-refractivity contribution in [2.24, 2.45) is 0 Å². The molecule has 3 rings (SSSR count). The number of dihydropyridines is 1. The molecule has 0 radical (unpaired) electrons. The number of benzene rings is 2. The topological polar surface area (TPSA) is 119 Å². The maximum Gasteiger partial charge on any atom is 0.336 e. The van der Waals surface area contributed by atoms with Crippen molar-refractivity contribution < 1.29 is 32.3 Å². The van der Waals surface area contributed by atoms with E-state index in [9.17, 15) is 22.8 Å². The minimum atomic E-state index is -4.07. The van der Waals surface area contributed by atoms with Gasteiger partial charge in [-0.25, -0.2) is 22.3 Å². The number of hydrogen-bond acceptors (Lipinski definition) is 8. The quantitative estimate of drug-likeness (QED) is 0.331. The van der Waals surface area contributed by atoms with Gasteiger partial charge in [-0.3, -0.25) is 4.79 Å². The first kappa shape index (κ1) is 30.2. The zero-order chi connectivity index (χ0) is 28.9. The molecule has 1 aliphatic rings. The summed E-state index contributed by atoms with van der Waals surface area (Å²) in [7, 11) is -2.84. The second kappa shape index (κ2) is 12.7. The standard InChI is InChI=1S/C27H28Cl2N2O7S/c1-16-22(26(33)37-4)24(20-12-8-13-21(28)25(20)29)23(17(2)30-16)27(34)38-15-9-14-31(18(3)32)39(35,36)19-10-6-5-7-11-19/h5-8,10-13,24,30H,9,14-15H2,1-4H3. The Morgan fingerprint density at radius 2 is 1.56 bits per heavy atom. The van der Waals surface area contributed by atoms with Gasteiger partial charge in [-0.15, -0.1) is 0 Å². The van der Waals surface area contributed by atoms with E-state index in [1.54, 1.807) is 50.2 Å². The number of nitrogens with one attached hydrogen (secondary N) is 1. The summed E-state index contributed by atoms with van der Waals surface area (Å²) < 4.78 is 37.1. The van der Waals surface area contributed by atoms with E-state index < -0.39 is 33.8 Å². The molecule has 2 aromatic rings. The lowest BCUT2D eigenvalue weighted by Gasteiger charge is -2.31. The van der Waals surface area contributed by atoms with Crippen LogP contribution in [0, 0.1) is 0 Å². The highest BCUT2D eigenvalue weighted by molar-refractivity contribution is 7.89. The first-order valence-corrected chi connectivity index (χ1v) is 14.1. The molecule has 1 N–H and O–H groups in total. The Labute approximate surface area is 237 Å². The lowest BCUT2D eigenvalue weighted by Crippen LogP contribution is -2.36.